The summed E-state index contributed by atoms with van der Waals surface area (Å²) < 4.78 is 16.8. The van der Waals surface area contributed by atoms with Crippen molar-refractivity contribution in [2.45, 2.75) is 252 Å². The van der Waals surface area contributed by atoms with Gasteiger partial charge in [0, 0.05) is 19.3 Å². The summed E-state index contributed by atoms with van der Waals surface area (Å²) in [4.78, 5) is 38.1. The van der Waals surface area contributed by atoms with Crippen molar-refractivity contribution in [1.29, 1.82) is 0 Å². The quantitative estimate of drug-likeness (QED) is 0.0262. The molecule has 1 unspecified atom stereocenters. The molecule has 6 nitrogen and oxygen atoms in total. The van der Waals surface area contributed by atoms with Gasteiger partial charge >= 0.3 is 17.9 Å². The molecule has 0 fully saturated rings. The van der Waals surface area contributed by atoms with E-state index in [1.165, 1.54) is 83.5 Å². The molecule has 0 aliphatic rings. The molecule has 0 aromatic carbocycles. The minimum Gasteiger partial charge on any atom is -0.462 e. The summed E-state index contributed by atoms with van der Waals surface area (Å²) in [7, 11) is 0. The second-order valence-corrected chi connectivity index (χ2v) is 18.1. The fourth-order valence-electron chi connectivity index (χ4n) is 7.32. The average molecular weight is 943 g/mol. The zero-order chi connectivity index (χ0) is 49.3. The average Bonchev–Trinajstić information content (AvgIpc) is 3.34. The van der Waals surface area contributed by atoms with Crippen LogP contribution in [0.2, 0.25) is 0 Å². The van der Waals surface area contributed by atoms with Crippen molar-refractivity contribution in [3.8, 4) is 0 Å². The molecule has 1 atom stereocenters. The van der Waals surface area contributed by atoms with Crippen LogP contribution in [0.4, 0.5) is 0 Å². The lowest BCUT2D eigenvalue weighted by Crippen LogP contribution is -2.30. The van der Waals surface area contributed by atoms with E-state index in [9.17, 15) is 14.4 Å². The van der Waals surface area contributed by atoms with Gasteiger partial charge in [-0.05, 0) is 116 Å². The molecule has 68 heavy (non-hydrogen) atoms. The van der Waals surface area contributed by atoms with Gasteiger partial charge in [0.15, 0.2) is 6.10 Å². The minimum absolute atomic E-state index is 0.113. The summed E-state index contributed by atoms with van der Waals surface area (Å²) in [5.41, 5.74) is 0. The molecule has 0 saturated heterocycles. The van der Waals surface area contributed by atoms with Crippen molar-refractivity contribution in [2.75, 3.05) is 13.2 Å². The van der Waals surface area contributed by atoms with E-state index in [4.69, 9.17) is 14.2 Å². The molecule has 0 heterocycles. The molecule has 0 amide bonds. The minimum atomic E-state index is -0.821. The van der Waals surface area contributed by atoms with Gasteiger partial charge in [0.05, 0.1) is 0 Å². The van der Waals surface area contributed by atoms with Gasteiger partial charge in [0.1, 0.15) is 13.2 Å². The molecule has 0 aromatic heterocycles. The molecule has 0 radical (unpaired) electrons. The van der Waals surface area contributed by atoms with E-state index in [0.717, 1.165) is 116 Å². The molecule has 0 saturated carbocycles. The van der Waals surface area contributed by atoms with E-state index >= 15 is 0 Å². The zero-order valence-electron chi connectivity index (χ0n) is 44.1. The van der Waals surface area contributed by atoms with Crippen LogP contribution in [0.5, 0.6) is 0 Å². The van der Waals surface area contributed by atoms with E-state index in [1.54, 1.807) is 0 Å². The van der Waals surface area contributed by atoms with Gasteiger partial charge in [-0.1, -0.05) is 220 Å². The third kappa shape index (κ3) is 53.0. The van der Waals surface area contributed by atoms with Crippen molar-refractivity contribution < 1.29 is 28.6 Å². The zero-order valence-corrected chi connectivity index (χ0v) is 44.1. The van der Waals surface area contributed by atoms with Crippen molar-refractivity contribution >= 4 is 17.9 Å². The highest BCUT2D eigenvalue weighted by molar-refractivity contribution is 5.71. The second kappa shape index (κ2) is 55.7. The number of allylic oxidation sites excluding steroid dienone is 18. The van der Waals surface area contributed by atoms with Gasteiger partial charge in [-0.25, -0.2) is 0 Å². The first-order chi connectivity index (χ1) is 33.5. The highest BCUT2D eigenvalue weighted by Crippen LogP contribution is 2.13. The molecular formula is C62H102O6. The normalized spacial score (nSPS) is 12.9. The Morgan fingerprint density at radius 3 is 1.03 bits per heavy atom. The lowest BCUT2D eigenvalue weighted by Gasteiger charge is -2.18. The first-order valence-electron chi connectivity index (χ1n) is 27.9. The largest absolute Gasteiger partial charge is 0.462 e. The van der Waals surface area contributed by atoms with E-state index < -0.39 is 6.10 Å². The Morgan fingerprint density at radius 1 is 0.309 bits per heavy atom. The SMILES string of the molecule is CC/C=C\C/C=C\C/C=C\C/C=C\C/C=C\C/C=C\CCC(=O)OCC(COC(=O)CCCCCCC/C=C\C/C=C\CCCCC)OC(=O)CCCCCCC/C=C\CCCCCCCCC. The van der Waals surface area contributed by atoms with E-state index in [-0.39, 0.29) is 37.5 Å². The van der Waals surface area contributed by atoms with Crippen LogP contribution in [0.1, 0.15) is 245 Å². The molecule has 386 valence electrons. The molecular weight excluding hydrogens is 841 g/mol. The van der Waals surface area contributed by atoms with Crippen LogP contribution in [0.3, 0.4) is 0 Å². The smallest absolute Gasteiger partial charge is 0.306 e. The van der Waals surface area contributed by atoms with Crippen molar-refractivity contribution in [3.05, 3.63) is 109 Å². The fraction of sp³-hybridized carbons (Fsp3) is 0.661. The molecule has 0 rings (SSSR count). The number of rotatable bonds is 49. The van der Waals surface area contributed by atoms with Crippen LogP contribution < -0.4 is 0 Å². The monoisotopic (exact) mass is 943 g/mol. The third-order valence-corrected chi connectivity index (χ3v) is 11.5. The molecule has 0 bridgehead atoms. The molecule has 0 aliphatic heterocycles. The van der Waals surface area contributed by atoms with Crippen LogP contribution >= 0.6 is 0 Å². The summed E-state index contributed by atoms with van der Waals surface area (Å²) in [6.07, 6.45) is 75.1. The van der Waals surface area contributed by atoms with Gasteiger partial charge in [0.2, 0.25) is 0 Å². The lowest BCUT2D eigenvalue weighted by atomic mass is 10.1. The highest BCUT2D eigenvalue weighted by atomic mass is 16.6. The number of ether oxygens (including phenoxy) is 3. The third-order valence-electron chi connectivity index (χ3n) is 11.5. The number of unbranched alkanes of at least 4 members (excludes halogenated alkanes) is 20. The van der Waals surface area contributed by atoms with Crippen molar-refractivity contribution in [1.82, 2.24) is 0 Å². The van der Waals surface area contributed by atoms with E-state index in [2.05, 4.69) is 124 Å². The topological polar surface area (TPSA) is 78.9 Å². The van der Waals surface area contributed by atoms with Crippen LogP contribution in [-0.4, -0.2) is 37.2 Å². The van der Waals surface area contributed by atoms with E-state index in [0.29, 0.717) is 19.3 Å². The molecule has 0 N–H and O–H groups in total. The fourth-order valence-corrected chi connectivity index (χ4v) is 7.32. The Labute approximate surface area is 419 Å². The van der Waals surface area contributed by atoms with Crippen molar-refractivity contribution in [2.24, 2.45) is 0 Å². The van der Waals surface area contributed by atoms with Crippen LogP contribution in [-0.2, 0) is 28.6 Å². The second-order valence-electron chi connectivity index (χ2n) is 18.1. The Kier molecular flexibility index (Phi) is 52.4. The predicted molar refractivity (Wildman–Crippen MR) is 293 cm³/mol. The summed E-state index contributed by atoms with van der Waals surface area (Å²) in [5.74, 6) is -1.02. The molecule has 0 aromatic rings. The van der Waals surface area contributed by atoms with Gasteiger partial charge in [-0.2, -0.15) is 0 Å². The molecule has 0 aliphatic carbocycles. The standard InChI is InChI=1S/C62H102O6/c1-4-7-10-13-16-19-22-25-28-30-31-32-35-37-40-43-46-49-52-55-61(64)67-58-59(57-66-60(63)54-51-48-45-42-39-36-33-27-24-21-18-15-12-9-6-3)68-62(65)56-53-50-47-44-41-38-34-29-26-23-20-17-14-11-8-5-2/h7,10,16,18-19,21,25,27-29,31-34,37,40,46,49,59H,4-6,8-9,11-15,17,20,22-24,26,30,35-36,38-39,41-45,47-48,50-58H2,1-3H3/b10-7-,19-16-,21-18-,28-25-,32-31-,33-27-,34-29-,40-37-,49-46-. The maximum atomic E-state index is 12.8. The summed E-state index contributed by atoms with van der Waals surface area (Å²) >= 11 is 0. The van der Waals surface area contributed by atoms with Crippen LogP contribution in [0.25, 0.3) is 0 Å². The number of esters is 3. The van der Waals surface area contributed by atoms with Gasteiger partial charge in [-0.3, -0.25) is 14.4 Å². The predicted octanol–water partition coefficient (Wildman–Crippen LogP) is 18.7. The number of carbonyl (C=O) groups is 3. The summed E-state index contributed by atoms with van der Waals surface area (Å²) in [5, 5.41) is 0. The Hall–Kier alpha value is -3.93. The van der Waals surface area contributed by atoms with E-state index in [1.807, 2.05) is 6.08 Å². The Bertz CT molecular complexity index is 1410. The van der Waals surface area contributed by atoms with Crippen LogP contribution in [0, 0.1) is 0 Å². The molecule has 0 spiro atoms. The number of carbonyl (C=O) groups excluding carboxylic acids is 3. The number of hydrogen-bond donors (Lipinski definition) is 0. The van der Waals surface area contributed by atoms with Crippen molar-refractivity contribution in [3.63, 3.8) is 0 Å². The highest BCUT2D eigenvalue weighted by Gasteiger charge is 2.19. The number of hydrogen-bond acceptors (Lipinski definition) is 6. The van der Waals surface area contributed by atoms with Crippen LogP contribution in [0.15, 0.2) is 109 Å². The first kappa shape index (κ1) is 64.1. The maximum Gasteiger partial charge on any atom is 0.306 e. The van der Waals surface area contributed by atoms with Gasteiger partial charge in [-0.15, -0.1) is 0 Å². The molecule has 6 heteroatoms. The van der Waals surface area contributed by atoms with Gasteiger partial charge in [0.25, 0.3) is 0 Å². The van der Waals surface area contributed by atoms with Gasteiger partial charge < -0.3 is 14.2 Å². The maximum absolute atomic E-state index is 12.8. The summed E-state index contributed by atoms with van der Waals surface area (Å²) in [6.45, 7) is 6.41. The first-order valence-corrected chi connectivity index (χ1v) is 27.9. The Balaban J connectivity index is 4.54. The lowest BCUT2D eigenvalue weighted by molar-refractivity contribution is -0.166. The summed E-state index contributed by atoms with van der Waals surface area (Å²) in [6, 6.07) is 0. The Morgan fingerprint density at radius 2 is 0.603 bits per heavy atom.